The Morgan fingerprint density at radius 1 is 0.667 bits per heavy atom. The van der Waals surface area contributed by atoms with Gasteiger partial charge < -0.3 is 14.2 Å². The first-order valence-electron chi connectivity index (χ1n) is 13.1. The second-order valence-corrected chi connectivity index (χ2v) is 10.0. The van der Waals surface area contributed by atoms with Crippen LogP contribution in [0.15, 0.2) is 60.9 Å². The summed E-state index contributed by atoms with van der Waals surface area (Å²) in [5.74, 6) is -0.676. The summed E-state index contributed by atoms with van der Waals surface area (Å²) < 4.78 is 4.39. The van der Waals surface area contributed by atoms with Crippen LogP contribution in [0, 0.1) is 0 Å². The first-order chi connectivity index (χ1) is 17.6. The van der Waals surface area contributed by atoms with Gasteiger partial charge in [-0.25, -0.2) is 0 Å². The number of benzene rings is 2. The number of carbonyl (C=O) groups excluding carboxylic acids is 2. The summed E-state index contributed by atoms with van der Waals surface area (Å²) in [5, 5.41) is 15.0. The third kappa shape index (κ3) is 3.95. The molecule has 2 N–H and O–H groups in total. The number of imide groups is 1. The molecule has 2 aromatic heterocycles. The van der Waals surface area contributed by atoms with Crippen molar-refractivity contribution in [3.63, 3.8) is 0 Å². The molecule has 4 bridgehead atoms. The number of aliphatic hydroxyl groups is 1. The first-order valence-corrected chi connectivity index (χ1v) is 13.1. The molecule has 0 aliphatic carbocycles. The summed E-state index contributed by atoms with van der Waals surface area (Å²) in [5.41, 5.74) is 4.62. The topological polar surface area (TPSA) is 76.3 Å². The van der Waals surface area contributed by atoms with Crippen LogP contribution in [0.1, 0.15) is 56.1 Å². The van der Waals surface area contributed by atoms with Crippen molar-refractivity contribution in [1.29, 1.82) is 0 Å². The maximum Gasteiger partial charge on any atom is 0.259 e. The molecular formula is C30H31N3O3. The maximum absolute atomic E-state index is 13.2. The quantitative estimate of drug-likeness (QED) is 0.336. The van der Waals surface area contributed by atoms with Crippen molar-refractivity contribution in [1.82, 2.24) is 14.5 Å². The lowest BCUT2D eigenvalue weighted by Crippen LogP contribution is -2.22. The molecule has 36 heavy (non-hydrogen) atoms. The van der Waals surface area contributed by atoms with Crippen LogP contribution in [0.25, 0.3) is 33.0 Å². The molecule has 4 heterocycles. The highest BCUT2D eigenvalue weighted by molar-refractivity contribution is 6.50. The lowest BCUT2D eigenvalue weighted by molar-refractivity contribution is -0.122. The number of aliphatic hydroxyl groups excluding tert-OH is 1. The number of amides is 2. The molecule has 1 atom stereocenters. The molecule has 0 saturated carbocycles. The summed E-state index contributed by atoms with van der Waals surface area (Å²) in [7, 11) is 0. The maximum atomic E-state index is 13.2. The number of carbonyl (C=O) groups is 2. The molecule has 0 spiro atoms. The average Bonchev–Trinajstić information content (AvgIpc) is 3.52. The Bertz CT molecular complexity index is 1510. The molecule has 0 saturated heterocycles. The number of hydrogen-bond acceptors (Lipinski definition) is 3. The van der Waals surface area contributed by atoms with Crippen LogP contribution in [0.5, 0.6) is 0 Å². The van der Waals surface area contributed by atoms with E-state index in [1.165, 1.54) is 0 Å². The molecule has 2 amide bonds. The Balaban J connectivity index is 1.56. The Morgan fingerprint density at radius 2 is 1.14 bits per heavy atom. The van der Waals surface area contributed by atoms with Gasteiger partial charge >= 0.3 is 0 Å². The molecule has 2 aliphatic rings. The molecule has 2 aliphatic heterocycles. The van der Waals surface area contributed by atoms with E-state index in [0.29, 0.717) is 11.1 Å². The van der Waals surface area contributed by atoms with E-state index in [2.05, 4.69) is 26.6 Å². The minimum absolute atomic E-state index is 0.249. The number of fused-ring (bicyclic) bond motifs is 12. The molecule has 4 aromatic rings. The molecular weight excluding hydrogens is 450 g/mol. The lowest BCUT2D eigenvalue weighted by Gasteiger charge is -2.11. The van der Waals surface area contributed by atoms with E-state index in [4.69, 9.17) is 0 Å². The fourth-order valence-corrected chi connectivity index (χ4v) is 5.88. The van der Waals surface area contributed by atoms with Crippen LogP contribution >= 0.6 is 0 Å². The molecule has 6 rings (SSSR count). The normalized spacial score (nSPS) is 19.9. The second kappa shape index (κ2) is 9.43. The van der Waals surface area contributed by atoms with Crippen LogP contribution in [-0.2, 0) is 22.7 Å². The highest BCUT2D eigenvalue weighted by atomic mass is 16.3. The monoisotopic (exact) mass is 481 g/mol. The van der Waals surface area contributed by atoms with E-state index in [9.17, 15) is 14.7 Å². The number of nitrogens with zero attached hydrogens (tertiary/aromatic N) is 2. The van der Waals surface area contributed by atoms with E-state index in [-0.39, 0.29) is 17.9 Å². The zero-order valence-electron chi connectivity index (χ0n) is 20.4. The molecule has 184 valence electrons. The van der Waals surface area contributed by atoms with Gasteiger partial charge in [0.1, 0.15) is 0 Å². The number of nitrogens with one attached hydrogen (secondary N) is 1. The SMILES string of the molecule is O=C1NC(=O)C2=C1c1cn(c3ccccc13)CCCCCC(O)CCCCn1cc2c2ccccc21. The minimum Gasteiger partial charge on any atom is -0.393 e. The third-order valence-corrected chi connectivity index (χ3v) is 7.67. The molecule has 2 aromatic carbocycles. The Hall–Kier alpha value is -3.64. The summed E-state index contributed by atoms with van der Waals surface area (Å²) in [6.07, 6.45) is 10.4. The molecule has 1 unspecified atom stereocenters. The predicted molar refractivity (Wildman–Crippen MR) is 142 cm³/mol. The van der Waals surface area contributed by atoms with Crippen LogP contribution in [0.2, 0.25) is 0 Å². The van der Waals surface area contributed by atoms with Gasteiger partial charge in [-0.2, -0.15) is 0 Å². The predicted octanol–water partition coefficient (Wildman–Crippen LogP) is 5.27. The molecule has 0 radical (unpaired) electrons. The zero-order valence-corrected chi connectivity index (χ0v) is 20.4. The first kappa shape index (κ1) is 22.8. The van der Waals surface area contributed by atoms with Crippen molar-refractivity contribution in [2.45, 2.75) is 64.1 Å². The fourth-order valence-electron chi connectivity index (χ4n) is 5.88. The van der Waals surface area contributed by atoms with Crippen molar-refractivity contribution >= 4 is 44.8 Å². The van der Waals surface area contributed by atoms with Gasteiger partial charge in [0.15, 0.2) is 0 Å². The summed E-state index contributed by atoms with van der Waals surface area (Å²) >= 11 is 0. The van der Waals surface area contributed by atoms with Gasteiger partial charge in [0.05, 0.1) is 17.3 Å². The Kier molecular flexibility index (Phi) is 5.97. The van der Waals surface area contributed by atoms with Gasteiger partial charge in [-0.05, 0) is 44.2 Å². The van der Waals surface area contributed by atoms with Gasteiger partial charge in [0, 0.05) is 58.4 Å². The smallest absolute Gasteiger partial charge is 0.259 e. The van der Waals surface area contributed by atoms with Crippen LogP contribution in [0.4, 0.5) is 0 Å². The van der Waals surface area contributed by atoms with Crippen molar-refractivity contribution < 1.29 is 14.7 Å². The number of rotatable bonds is 0. The van der Waals surface area contributed by atoms with E-state index in [1.54, 1.807) is 0 Å². The summed E-state index contributed by atoms with van der Waals surface area (Å²) in [6.45, 7) is 1.62. The van der Waals surface area contributed by atoms with Gasteiger partial charge in [-0.15, -0.1) is 0 Å². The van der Waals surface area contributed by atoms with Gasteiger partial charge in [-0.3, -0.25) is 14.9 Å². The minimum atomic E-state index is -0.340. The van der Waals surface area contributed by atoms with Crippen LogP contribution in [-0.4, -0.2) is 32.2 Å². The van der Waals surface area contributed by atoms with Gasteiger partial charge in [-0.1, -0.05) is 49.2 Å². The highest BCUT2D eigenvalue weighted by Crippen LogP contribution is 2.39. The number of aryl methyl sites for hydroxylation is 2. The Labute approximate surface area is 210 Å². The highest BCUT2D eigenvalue weighted by Gasteiger charge is 2.35. The molecule has 6 nitrogen and oxygen atoms in total. The molecule has 0 fully saturated rings. The average molecular weight is 482 g/mol. The summed E-state index contributed by atoms with van der Waals surface area (Å²) in [4.78, 5) is 26.5. The zero-order chi connectivity index (χ0) is 24.6. The van der Waals surface area contributed by atoms with Crippen LogP contribution in [0.3, 0.4) is 0 Å². The number of hydrogen-bond donors (Lipinski definition) is 2. The second-order valence-electron chi connectivity index (χ2n) is 10.0. The van der Waals surface area contributed by atoms with Crippen molar-refractivity contribution in [2.75, 3.05) is 0 Å². The van der Waals surface area contributed by atoms with Crippen LogP contribution < -0.4 is 5.32 Å². The van der Waals surface area contributed by atoms with Crippen molar-refractivity contribution in [3.8, 4) is 0 Å². The van der Waals surface area contributed by atoms with E-state index < -0.39 is 0 Å². The van der Waals surface area contributed by atoms with Gasteiger partial charge in [0.2, 0.25) is 0 Å². The van der Waals surface area contributed by atoms with Crippen molar-refractivity contribution in [2.24, 2.45) is 0 Å². The van der Waals surface area contributed by atoms with E-state index in [0.717, 1.165) is 91.0 Å². The third-order valence-electron chi connectivity index (χ3n) is 7.67. The van der Waals surface area contributed by atoms with Crippen molar-refractivity contribution in [3.05, 3.63) is 72.1 Å². The number of aromatic nitrogens is 2. The number of para-hydroxylation sites is 2. The van der Waals surface area contributed by atoms with Gasteiger partial charge in [0.25, 0.3) is 11.8 Å². The summed E-state index contributed by atoms with van der Waals surface area (Å²) in [6, 6.07) is 16.2. The molecule has 6 heteroatoms. The lowest BCUT2D eigenvalue weighted by atomic mass is 9.95. The largest absolute Gasteiger partial charge is 0.393 e. The van der Waals surface area contributed by atoms with E-state index >= 15 is 0 Å². The van der Waals surface area contributed by atoms with E-state index in [1.807, 2.05) is 48.8 Å². The standard InChI is InChI=1S/C30H31N3O3/c34-20-10-2-1-8-16-32-18-23(21-12-3-5-14-25(21)32)27-28(30(36)31-29(27)35)24-19-33(17-9-7-11-20)26-15-6-4-13-22(24)26/h3-6,12-15,18-20,34H,1-2,7-11,16-17H2,(H,31,35,36). The fraction of sp³-hybridized carbons (Fsp3) is 0.333. The Morgan fingerprint density at radius 3 is 1.69 bits per heavy atom.